The molecule has 0 fully saturated rings. The molecular formula is C18H15N3O3S. The van der Waals surface area contributed by atoms with Crippen molar-refractivity contribution in [2.45, 2.75) is 9.79 Å². The first-order valence-corrected chi connectivity index (χ1v) is 8.88. The SMILES string of the molecule is Nc1ccc(S(=O)(=O)c2ccncc2C(=O)Nc2ccccc2)cc1. The van der Waals surface area contributed by atoms with Gasteiger partial charge in [0.2, 0.25) is 9.84 Å². The monoisotopic (exact) mass is 353 g/mol. The Morgan fingerprint density at radius 1 is 0.960 bits per heavy atom. The first-order chi connectivity index (χ1) is 12.0. The number of amides is 1. The van der Waals surface area contributed by atoms with Gasteiger partial charge >= 0.3 is 0 Å². The van der Waals surface area contributed by atoms with Crippen molar-refractivity contribution in [3.63, 3.8) is 0 Å². The molecule has 2 aromatic carbocycles. The topological polar surface area (TPSA) is 102 Å². The minimum atomic E-state index is -3.88. The van der Waals surface area contributed by atoms with Crippen LogP contribution in [-0.2, 0) is 9.84 Å². The summed E-state index contributed by atoms with van der Waals surface area (Å²) in [5.41, 5.74) is 6.60. The standard InChI is InChI=1S/C18H15N3O3S/c19-13-6-8-15(9-7-13)25(23,24)17-10-11-20-12-16(17)18(22)21-14-4-2-1-3-5-14/h1-12H,19H2,(H,21,22). The highest BCUT2D eigenvalue weighted by Crippen LogP contribution is 2.25. The number of hydrogen-bond donors (Lipinski definition) is 2. The number of benzene rings is 2. The Labute approximate surface area is 145 Å². The number of rotatable bonds is 4. The fraction of sp³-hybridized carbons (Fsp3) is 0. The van der Waals surface area contributed by atoms with Gasteiger partial charge in [0.15, 0.2) is 0 Å². The second kappa shape index (κ2) is 6.74. The molecule has 0 saturated carbocycles. The molecule has 126 valence electrons. The predicted octanol–water partition coefficient (Wildman–Crippen LogP) is 2.75. The highest BCUT2D eigenvalue weighted by Gasteiger charge is 2.24. The molecule has 3 aromatic rings. The number of para-hydroxylation sites is 1. The average molecular weight is 353 g/mol. The van der Waals surface area contributed by atoms with Crippen LogP contribution in [0.5, 0.6) is 0 Å². The molecule has 3 N–H and O–H groups in total. The van der Waals surface area contributed by atoms with Gasteiger partial charge in [-0.3, -0.25) is 9.78 Å². The minimum Gasteiger partial charge on any atom is -0.399 e. The van der Waals surface area contributed by atoms with E-state index in [1.807, 2.05) is 6.07 Å². The molecule has 0 aliphatic rings. The molecule has 0 aliphatic carbocycles. The molecule has 0 saturated heterocycles. The number of carbonyl (C=O) groups is 1. The molecule has 0 bridgehead atoms. The normalized spacial score (nSPS) is 11.0. The van der Waals surface area contributed by atoms with Crippen LogP contribution < -0.4 is 11.1 Å². The van der Waals surface area contributed by atoms with Crippen molar-refractivity contribution in [3.05, 3.63) is 78.6 Å². The Hall–Kier alpha value is -3.19. The van der Waals surface area contributed by atoms with E-state index in [1.54, 1.807) is 24.3 Å². The van der Waals surface area contributed by atoms with Crippen LogP contribution in [0, 0.1) is 0 Å². The number of sulfone groups is 1. The molecule has 1 amide bonds. The molecule has 0 atom stereocenters. The summed E-state index contributed by atoms with van der Waals surface area (Å²) in [7, 11) is -3.88. The summed E-state index contributed by atoms with van der Waals surface area (Å²) in [4.78, 5) is 16.4. The first kappa shape index (κ1) is 16.7. The van der Waals surface area contributed by atoms with Gasteiger partial charge in [0, 0.05) is 23.8 Å². The van der Waals surface area contributed by atoms with E-state index in [0.29, 0.717) is 11.4 Å². The molecular weight excluding hydrogens is 338 g/mol. The van der Waals surface area contributed by atoms with Crippen LogP contribution in [-0.4, -0.2) is 19.3 Å². The smallest absolute Gasteiger partial charge is 0.258 e. The van der Waals surface area contributed by atoms with E-state index in [4.69, 9.17) is 5.73 Å². The van der Waals surface area contributed by atoms with E-state index in [1.165, 1.54) is 42.7 Å². The van der Waals surface area contributed by atoms with Crippen LogP contribution in [0.15, 0.2) is 82.8 Å². The maximum atomic E-state index is 12.9. The molecule has 6 nitrogen and oxygen atoms in total. The van der Waals surface area contributed by atoms with Gasteiger partial charge in [0.25, 0.3) is 5.91 Å². The van der Waals surface area contributed by atoms with E-state index in [2.05, 4.69) is 10.3 Å². The second-order valence-corrected chi connectivity index (χ2v) is 7.18. The Morgan fingerprint density at radius 2 is 1.64 bits per heavy atom. The van der Waals surface area contributed by atoms with Gasteiger partial charge < -0.3 is 11.1 Å². The van der Waals surface area contributed by atoms with Crippen LogP contribution in [0.1, 0.15) is 10.4 Å². The van der Waals surface area contributed by atoms with Gasteiger partial charge in [0.05, 0.1) is 15.4 Å². The van der Waals surface area contributed by atoms with Gasteiger partial charge in [-0.25, -0.2) is 8.42 Å². The van der Waals surface area contributed by atoms with Crippen molar-refractivity contribution >= 4 is 27.1 Å². The molecule has 1 heterocycles. The van der Waals surface area contributed by atoms with Crippen molar-refractivity contribution in [1.29, 1.82) is 0 Å². The summed E-state index contributed by atoms with van der Waals surface area (Å²) in [5.74, 6) is -0.548. The van der Waals surface area contributed by atoms with Crippen molar-refractivity contribution in [3.8, 4) is 0 Å². The summed E-state index contributed by atoms with van der Waals surface area (Å²) in [6.45, 7) is 0. The van der Waals surface area contributed by atoms with Crippen LogP contribution in [0.4, 0.5) is 11.4 Å². The Bertz CT molecular complexity index is 1000. The third-order valence-electron chi connectivity index (χ3n) is 3.54. The van der Waals surface area contributed by atoms with Gasteiger partial charge in [-0.2, -0.15) is 0 Å². The summed E-state index contributed by atoms with van der Waals surface area (Å²) in [5, 5.41) is 2.67. The average Bonchev–Trinajstić information content (AvgIpc) is 2.63. The van der Waals surface area contributed by atoms with Gasteiger partial charge in [0.1, 0.15) is 0 Å². The van der Waals surface area contributed by atoms with Gasteiger partial charge in [-0.15, -0.1) is 0 Å². The second-order valence-electron chi connectivity index (χ2n) is 5.26. The van der Waals surface area contributed by atoms with Crippen molar-refractivity contribution in [1.82, 2.24) is 4.98 Å². The molecule has 0 unspecified atom stereocenters. The maximum absolute atomic E-state index is 12.9. The highest BCUT2D eigenvalue weighted by atomic mass is 32.2. The lowest BCUT2D eigenvalue weighted by Crippen LogP contribution is -2.17. The molecule has 0 radical (unpaired) electrons. The maximum Gasteiger partial charge on any atom is 0.258 e. The number of aromatic nitrogens is 1. The largest absolute Gasteiger partial charge is 0.399 e. The number of anilines is 2. The van der Waals surface area contributed by atoms with Crippen LogP contribution in [0.2, 0.25) is 0 Å². The van der Waals surface area contributed by atoms with Gasteiger partial charge in [-0.1, -0.05) is 18.2 Å². The van der Waals surface area contributed by atoms with Crippen LogP contribution in [0.25, 0.3) is 0 Å². The zero-order valence-electron chi connectivity index (χ0n) is 13.1. The molecule has 7 heteroatoms. The summed E-state index contributed by atoms with van der Waals surface area (Å²) < 4.78 is 25.7. The fourth-order valence-corrected chi connectivity index (χ4v) is 3.70. The third-order valence-corrected chi connectivity index (χ3v) is 5.37. The summed E-state index contributed by atoms with van der Waals surface area (Å²) >= 11 is 0. The quantitative estimate of drug-likeness (QED) is 0.702. The predicted molar refractivity (Wildman–Crippen MR) is 94.9 cm³/mol. The van der Waals surface area contributed by atoms with Crippen molar-refractivity contribution in [2.75, 3.05) is 11.1 Å². The zero-order valence-corrected chi connectivity index (χ0v) is 13.9. The number of nitrogens with two attached hydrogens (primary N) is 1. The van der Waals surface area contributed by atoms with Crippen LogP contribution >= 0.6 is 0 Å². The summed E-state index contributed by atoms with van der Waals surface area (Å²) in [6.07, 6.45) is 2.58. The molecule has 0 spiro atoms. The summed E-state index contributed by atoms with van der Waals surface area (Å²) in [6, 6.07) is 15.9. The van der Waals surface area contributed by atoms with E-state index in [9.17, 15) is 13.2 Å². The Morgan fingerprint density at radius 3 is 2.32 bits per heavy atom. The van der Waals surface area contributed by atoms with Gasteiger partial charge in [-0.05, 0) is 42.5 Å². The minimum absolute atomic E-state index is 0.0248. The number of nitrogen functional groups attached to an aromatic ring is 1. The number of nitrogens with one attached hydrogen (secondary N) is 1. The Balaban J connectivity index is 2.01. The number of pyridine rings is 1. The van der Waals surface area contributed by atoms with E-state index >= 15 is 0 Å². The number of hydrogen-bond acceptors (Lipinski definition) is 5. The number of carbonyl (C=O) groups excluding carboxylic acids is 1. The third kappa shape index (κ3) is 3.51. The molecule has 0 aliphatic heterocycles. The van der Waals surface area contributed by atoms with E-state index in [-0.39, 0.29) is 15.4 Å². The van der Waals surface area contributed by atoms with E-state index in [0.717, 1.165) is 0 Å². The van der Waals surface area contributed by atoms with Crippen molar-refractivity contribution in [2.24, 2.45) is 0 Å². The first-order valence-electron chi connectivity index (χ1n) is 7.39. The highest BCUT2D eigenvalue weighted by molar-refractivity contribution is 7.91. The van der Waals surface area contributed by atoms with E-state index < -0.39 is 15.7 Å². The van der Waals surface area contributed by atoms with Crippen LogP contribution in [0.3, 0.4) is 0 Å². The lowest BCUT2D eigenvalue weighted by Gasteiger charge is -2.11. The lowest BCUT2D eigenvalue weighted by molar-refractivity contribution is 0.102. The zero-order chi connectivity index (χ0) is 17.9. The van der Waals surface area contributed by atoms with Crippen molar-refractivity contribution < 1.29 is 13.2 Å². The fourth-order valence-electron chi connectivity index (χ4n) is 2.28. The lowest BCUT2D eigenvalue weighted by atomic mass is 10.2. The molecule has 25 heavy (non-hydrogen) atoms. The number of nitrogens with zero attached hydrogens (tertiary/aromatic N) is 1. The molecule has 1 aromatic heterocycles. The Kier molecular flexibility index (Phi) is 4.49. The molecule has 3 rings (SSSR count).